The van der Waals surface area contributed by atoms with E-state index in [9.17, 15) is 4.39 Å². The minimum absolute atomic E-state index is 0. The molecule has 1 heterocycles. The second-order valence-electron chi connectivity index (χ2n) is 5.79. The minimum atomic E-state index is -0.276. The minimum Gasteiger partial charge on any atom is -0.493 e. The van der Waals surface area contributed by atoms with Gasteiger partial charge in [0.1, 0.15) is 12.4 Å². The lowest BCUT2D eigenvalue weighted by molar-refractivity contribution is 0.279. The van der Waals surface area contributed by atoms with Crippen LogP contribution in [0.25, 0.3) is 0 Å². The van der Waals surface area contributed by atoms with E-state index in [1.54, 1.807) is 31.5 Å². The van der Waals surface area contributed by atoms with Gasteiger partial charge in [-0.1, -0.05) is 30.3 Å². The highest BCUT2D eigenvalue weighted by Gasteiger charge is 2.08. The molecular formula is C21H22ClFN2O2. The SMILES string of the molecule is COc1cc(CNCc2ccccn2)ccc1OCc1ccccc1F.Cl. The summed E-state index contributed by atoms with van der Waals surface area (Å²) in [6.45, 7) is 1.52. The summed E-state index contributed by atoms with van der Waals surface area (Å²) in [6, 6.07) is 18.1. The Kier molecular flexibility index (Phi) is 8.04. The first kappa shape index (κ1) is 20.7. The topological polar surface area (TPSA) is 43.4 Å². The van der Waals surface area contributed by atoms with Gasteiger partial charge in [-0.3, -0.25) is 4.98 Å². The number of aromatic nitrogens is 1. The lowest BCUT2D eigenvalue weighted by atomic mass is 10.2. The first-order chi connectivity index (χ1) is 12.8. The Morgan fingerprint density at radius 2 is 1.78 bits per heavy atom. The van der Waals surface area contributed by atoms with E-state index < -0.39 is 0 Å². The highest BCUT2D eigenvalue weighted by atomic mass is 35.5. The Balaban J connectivity index is 0.00000261. The zero-order valence-electron chi connectivity index (χ0n) is 15.0. The second kappa shape index (κ2) is 10.5. The van der Waals surface area contributed by atoms with Crippen LogP contribution < -0.4 is 14.8 Å². The Morgan fingerprint density at radius 1 is 0.963 bits per heavy atom. The molecule has 0 atom stereocenters. The van der Waals surface area contributed by atoms with Crippen LogP contribution in [0.2, 0.25) is 0 Å². The molecule has 0 aliphatic heterocycles. The number of hydrogen-bond donors (Lipinski definition) is 1. The Bertz CT molecular complexity index is 847. The molecule has 0 aliphatic carbocycles. The van der Waals surface area contributed by atoms with Crippen LogP contribution in [-0.2, 0) is 19.7 Å². The first-order valence-electron chi connectivity index (χ1n) is 8.40. The molecule has 0 aliphatic rings. The molecule has 1 aromatic heterocycles. The molecular weight excluding hydrogens is 367 g/mol. The average Bonchev–Trinajstić information content (AvgIpc) is 2.68. The molecule has 3 aromatic rings. The van der Waals surface area contributed by atoms with Crippen molar-refractivity contribution in [1.29, 1.82) is 0 Å². The highest BCUT2D eigenvalue weighted by molar-refractivity contribution is 5.85. The molecule has 3 rings (SSSR count). The third-order valence-electron chi connectivity index (χ3n) is 3.93. The van der Waals surface area contributed by atoms with Gasteiger partial charge in [0.25, 0.3) is 0 Å². The van der Waals surface area contributed by atoms with E-state index >= 15 is 0 Å². The summed E-state index contributed by atoms with van der Waals surface area (Å²) < 4.78 is 24.8. The van der Waals surface area contributed by atoms with Crippen LogP contribution in [0.1, 0.15) is 16.8 Å². The quantitative estimate of drug-likeness (QED) is 0.616. The summed E-state index contributed by atoms with van der Waals surface area (Å²) in [5.74, 6) is 0.935. The van der Waals surface area contributed by atoms with Crippen molar-refractivity contribution in [2.24, 2.45) is 0 Å². The molecule has 0 fully saturated rings. The van der Waals surface area contributed by atoms with E-state index in [1.165, 1.54) is 6.07 Å². The maximum absolute atomic E-state index is 13.7. The first-order valence-corrected chi connectivity index (χ1v) is 8.40. The lowest BCUT2D eigenvalue weighted by Crippen LogP contribution is -2.13. The third-order valence-corrected chi connectivity index (χ3v) is 3.93. The number of rotatable bonds is 8. The summed E-state index contributed by atoms with van der Waals surface area (Å²) in [7, 11) is 1.59. The maximum atomic E-state index is 13.7. The van der Waals surface area contributed by atoms with Gasteiger partial charge in [-0.25, -0.2) is 4.39 Å². The number of hydrogen-bond acceptors (Lipinski definition) is 4. The number of pyridine rings is 1. The van der Waals surface area contributed by atoms with Crippen molar-refractivity contribution in [1.82, 2.24) is 10.3 Å². The van der Waals surface area contributed by atoms with Crippen LogP contribution >= 0.6 is 12.4 Å². The fourth-order valence-corrected chi connectivity index (χ4v) is 2.55. The zero-order chi connectivity index (χ0) is 18.2. The predicted octanol–water partition coefficient (Wildman–Crippen LogP) is 4.52. The number of ether oxygens (including phenoxy) is 2. The Labute approximate surface area is 164 Å². The van der Waals surface area contributed by atoms with Crippen molar-refractivity contribution in [3.05, 3.63) is 89.5 Å². The Hall–Kier alpha value is -2.63. The second-order valence-corrected chi connectivity index (χ2v) is 5.79. The molecule has 0 saturated carbocycles. The van der Waals surface area contributed by atoms with Crippen molar-refractivity contribution >= 4 is 12.4 Å². The molecule has 6 heteroatoms. The van der Waals surface area contributed by atoms with Crippen molar-refractivity contribution in [3.8, 4) is 11.5 Å². The maximum Gasteiger partial charge on any atom is 0.161 e. The van der Waals surface area contributed by atoms with Gasteiger partial charge < -0.3 is 14.8 Å². The van der Waals surface area contributed by atoms with Gasteiger partial charge in [0.2, 0.25) is 0 Å². The zero-order valence-corrected chi connectivity index (χ0v) is 15.8. The van der Waals surface area contributed by atoms with Crippen molar-refractivity contribution in [2.75, 3.05) is 7.11 Å². The number of nitrogens with zero attached hydrogens (tertiary/aromatic N) is 1. The van der Waals surface area contributed by atoms with Gasteiger partial charge in [-0.2, -0.15) is 0 Å². The van der Waals surface area contributed by atoms with Gasteiger partial charge in [0.15, 0.2) is 11.5 Å². The highest BCUT2D eigenvalue weighted by Crippen LogP contribution is 2.29. The molecule has 27 heavy (non-hydrogen) atoms. The summed E-state index contributed by atoms with van der Waals surface area (Å²) >= 11 is 0. The van der Waals surface area contributed by atoms with Crippen LogP contribution in [0.3, 0.4) is 0 Å². The fourth-order valence-electron chi connectivity index (χ4n) is 2.55. The van der Waals surface area contributed by atoms with Crippen LogP contribution in [0.4, 0.5) is 4.39 Å². The lowest BCUT2D eigenvalue weighted by Gasteiger charge is -2.13. The van der Waals surface area contributed by atoms with Crippen LogP contribution in [0.15, 0.2) is 66.9 Å². The number of methoxy groups -OCH3 is 1. The normalized spacial score (nSPS) is 10.1. The Morgan fingerprint density at radius 3 is 2.52 bits per heavy atom. The van der Waals surface area contributed by atoms with Crippen molar-refractivity contribution in [2.45, 2.75) is 19.7 Å². The number of benzene rings is 2. The molecule has 2 aromatic carbocycles. The number of nitrogens with one attached hydrogen (secondary N) is 1. The van der Waals surface area contributed by atoms with Crippen molar-refractivity contribution < 1.29 is 13.9 Å². The van der Waals surface area contributed by atoms with E-state index in [2.05, 4.69) is 10.3 Å². The van der Waals surface area contributed by atoms with Gasteiger partial charge in [0.05, 0.1) is 12.8 Å². The molecule has 0 spiro atoms. The summed E-state index contributed by atoms with van der Waals surface area (Å²) in [6.07, 6.45) is 1.78. The van der Waals surface area contributed by atoms with Crippen LogP contribution in [0.5, 0.6) is 11.5 Å². The van der Waals surface area contributed by atoms with E-state index in [1.807, 2.05) is 36.4 Å². The molecule has 0 radical (unpaired) electrons. The predicted molar refractivity (Wildman–Crippen MR) is 106 cm³/mol. The molecule has 0 bridgehead atoms. The standard InChI is InChI=1S/C21H21FN2O2.ClH/c1-25-21-12-16(13-23-14-18-7-4-5-11-24-18)9-10-20(21)26-15-17-6-2-3-8-19(17)22;/h2-12,23H,13-15H2,1H3;1H. The monoisotopic (exact) mass is 388 g/mol. The molecule has 0 amide bonds. The fraction of sp³-hybridized carbons (Fsp3) is 0.190. The van der Waals surface area contributed by atoms with E-state index in [4.69, 9.17) is 9.47 Å². The van der Waals surface area contributed by atoms with Gasteiger partial charge in [0, 0.05) is 24.8 Å². The van der Waals surface area contributed by atoms with Crippen molar-refractivity contribution in [3.63, 3.8) is 0 Å². The smallest absolute Gasteiger partial charge is 0.161 e. The van der Waals surface area contributed by atoms with E-state index in [0.717, 1.165) is 11.3 Å². The largest absolute Gasteiger partial charge is 0.493 e. The number of halogens is 2. The van der Waals surface area contributed by atoms with Crippen LogP contribution in [0, 0.1) is 5.82 Å². The van der Waals surface area contributed by atoms with Crippen LogP contribution in [-0.4, -0.2) is 12.1 Å². The van der Waals surface area contributed by atoms with E-state index in [-0.39, 0.29) is 24.8 Å². The molecule has 0 unspecified atom stereocenters. The van der Waals surface area contributed by atoms with E-state index in [0.29, 0.717) is 30.2 Å². The van der Waals surface area contributed by atoms with Gasteiger partial charge >= 0.3 is 0 Å². The summed E-state index contributed by atoms with van der Waals surface area (Å²) in [5, 5.41) is 3.35. The molecule has 1 N–H and O–H groups in total. The summed E-state index contributed by atoms with van der Waals surface area (Å²) in [5.41, 5.74) is 2.57. The third kappa shape index (κ3) is 5.94. The molecule has 142 valence electrons. The average molecular weight is 389 g/mol. The summed E-state index contributed by atoms with van der Waals surface area (Å²) in [4.78, 5) is 4.28. The molecule has 4 nitrogen and oxygen atoms in total. The molecule has 0 saturated heterocycles. The van der Waals surface area contributed by atoms with Gasteiger partial charge in [-0.05, 0) is 35.9 Å². The van der Waals surface area contributed by atoms with Gasteiger partial charge in [-0.15, -0.1) is 12.4 Å².